The lowest BCUT2D eigenvalue weighted by Crippen LogP contribution is -2.72. The van der Waals surface area contributed by atoms with Crippen molar-refractivity contribution in [3.63, 3.8) is 0 Å². The van der Waals surface area contributed by atoms with Gasteiger partial charge in [-0.15, -0.1) is 0 Å². The number of carbonyl (C=O) groups is 1. The van der Waals surface area contributed by atoms with E-state index >= 15 is 4.39 Å². The van der Waals surface area contributed by atoms with E-state index in [1.165, 1.54) is 14.0 Å². The van der Waals surface area contributed by atoms with Crippen LogP contribution < -0.4 is 5.32 Å². The zero-order valence-corrected chi connectivity index (χ0v) is 16.5. The number of rotatable bonds is 4. The molecule has 0 saturated carbocycles. The largest absolute Gasteiger partial charge is 0.471 e. The minimum absolute atomic E-state index is 0.846. The van der Waals surface area contributed by atoms with Crippen molar-refractivity contribution >= 4 is 14.7 Å². The number of ether oxygens (including phenoxy) is 3. The van der Waals surface area contributed by atoms with E-state index in [-0.39, 0.29) is 0 Å². The number of halogens is 4. The van der Waals surface area contributed by atoms with Crippen molar-refractivity contribution < 1.29 is 36.6 Å². The molecule has 1 aliphatic rings. The number of carbonyl (C=O) groups excluding carboxylic acids is 1. The normalized spacial score (nSPS) is 34.2. The molecule has 0 unspecified atom stereocenters. The Morgan fingerprint density at radius 1 is 1.24 bits per heavy atom. The predicted molar refractivity (Wildman–Crippen MR) is 85.3 cm³/mol. The van der Waals surface area contributed by atoms with Crippen molar-refractivity contribution in [1.82, 2.24) is 5.32 Å². The number of nitrogens with one attached hydrogen (secondary N) is 1. The van der Waals surface area contributed by atoms with Crippen LogP contribution in [0.5, 0.6) is 0 Å². The molecule has 1 radical (unpaired) electrons. The van der Waals surface area contributed by atoms with Crippen molar-refractivity contribution in [1.29, 1.82) is 0 Å². The fourth-order valence-electron chi connectivity index (χ4n) is 2.81. The number of methoxy groups -OCH3 is 1. The molecule has 1 aliphatic heterocycles. The predicted octanol–water partition coefficient (Wildman–Crippen LogP) is 2.61. The van der Waals surface area contributed by atoms with Crippen molar-refractivity contribution in [3.8, 4) is 0 Å². The molecule has 147 valence electrons. The second-order valence-corrected chi connectivity index (χ2v) is 9.99. The van der Waals surface area contributed by atoms with E-state index in [9.17, 15) is 18.0 Å². The van der Waals surface area contributed by atoms with Crippen LogP contribution in [0.2, 0.25) is 13.1 Å². The van der Waals surface area contributed by atoms with Crippen LogP contribution in [0.1, 0.15) is 27.7 Å². The molecule has 5 atom stereocenters. The summed E-state index contributed by atoms with van der Waals surface area (Å²) in [6, 6.07) is -1.31. The lowest BCUT2D eigenvalue weighted by atomic mass is 9.96. The van der Waals surface area contributed by atoms with Gasteiger partial charge in [0.05, 0.1) is 17.7 Å². The summed E-state index contributed by atoms with van der Waals surface area (Å²) >= 11 is 0. The molecule has 1 N–H and O–H groups in total. The second kappa shape index (κ2) is 7.49. The van der Waals surface area contributed by atoms with Crippen LogP contribution in [0.4, 0.5) is 17.6 Å². The summed E-state index contributed by atoms with van der Waals surface area (Å²) in [5, 5.41) is 1.81. The SMILES string of the molecule is CO[C@]1([Si](C)C)O[C@@H](C)[C@H](NC(=O)C(F)(F)F)[C@@H](OC(C)(C)C)[C@H]1F. The van der Waals surface area contributed by atoms with Crippen LogP contribution in [0.25, 0.3) is 0 Å². The summed E-state index contributed by atoms with van der Waals surface area (Å²) < 4.78 is 69.9. The van der Waals surface area contributed by atoms with E-state index in [1.54, 1.807) is 33.9 Å². The molecule has 10 heteroatoms. The number of alkyl halides is 4. The molecule has 1 saturated heterocycles. The Balaban J connectivity index is 3.25. The van der Waals surface area contributed by atoms with Crippen molar-refractivity contribution in [2.45, 2.75) is 82.4 Å². The van der Waals surface area contributed by atoms with E-state index in [1.807, 2.05) is 5.32 Å². The molecule has 0 aromatic carbocycles. The number of amides is 1. The highest BCUT2D eigenvalue weighted by Gasteiger charge is 2.59. The van der Waals surface area contributed by atoms with E-state index < -0.39 is 56.3 Å². The first kappa shape index (κ1) is 22.3. The van der Waals surface area contributed by atoms with Gasteiger partial charge in [0.2, 0.25) is 0 Å². The van der Waals surface area contributed by atoms with Crippen LogP contribution in [-0.2, 0) is 19.0 Å². The van der Waals surface area contributed by atoms with Crippen molar-refractivity contribution in [2.24, 2.45) is 0 Å². The van der Waals surface area contributed by atoms with Gasteiger partial charge in [-0.05, 0) is 27.7 Å². The highest BCUT2D eigenvalue weighted by atomic mass is 28.3. The fraction of sp³-hybridized carbons (Fsp3) is 0.933. The minimum atomic E-state index is -5.09. The Morgan fingerprint density at radius 2 is 1.76 bits per heavy atom. The van der Waals surface area contributed by atoms with Crippen molar-refractivity contribution in [3.05, 3.63) is 0 Å². The maximum Gasteiger partial charge on any atom is 0.471 e. The van der Waals surface area contributed by atoms with Crippen LogP contribution in [0.15, 0.2) is 0 Å². The summed E-state index contributed by atoms with van der Waals surface area (Å²) in [4.78, 5) is 11.4. The van der Waals surface area contributed by atoms with Crippen LogP contribution in [-0.4, -0.2) is 63.4 Å². The molecule has 0 aliphatic carbocycles. The van der Waals surface area contributed by atoms with E-state index in [2.05, 4.69) is 0 Å². The van der Waals surface area contributed by atoms with Crippen LogP contribution >= 0.6 is 0 Å². The van der Waals surface area contributed by atoms with Gasteiger partial charge >= 0.3 is 12.1 Å². The number of hydrogen-bond acceptors (Lipinski definition) is 4. The first-order valence-electron chi connectivity index (χ1n) is 7.89. The summed E-state index contributed by atoms with van der Waals surface area (Å²) in [6.45, 7) is 9.97. The molecule has 0 aromatic heterocycles. The van der Waals surface area contributed by atoms with Gasteiger partial charge in [0.1, 0.15) is 14.9 Å². The average molecular weight is 388 g/mol. The topological polar surface area (TPSA) is 56.8 Å². The first-order chi connectivity index (χ1) is 11.2. The van der Waals surface area contributed by atoms with Gasteiger partial charge < -0.3 is 19.5 Å². The van der Waals surface area contributed by atoms with Gasteiger partial charge in [0.15, 0.2) is 11.6 Å². The zero-order chi connectivity index (χ0) is 19.8. The quantitative estimate of drug-likeness (QED) is 0.594. The Hall–Kier alpha value is -0.713. The van der Waals surface area contributed by atoms with Gasteiger partial charge in [0, 0.05) is 7.11 Å². The minimum Gasteiger partial charge on any atom is -0.367 e. The molecular formula is C15H26F4NO4Si. The van der Waals surface area contributed by atoms with Crippen LogP contribution in [0, 0.1) is 0 Å². The monoisotopic (exact) mass is 388 g/mol. The summed E-state index contributed by atoms with van der Waals surface area (Å²) in [7, 11) is -0.236. The molecule has 5 nitrogen and oxygen atoms in total. The van der Waals surface area contributed by atoms with Gasteiger partial charge in [-0.25, -0.2) is 4.39 Å². The Bertz CT molecular complexity index is 483. The van der Waals surface area contributed by atoms with E-state index in [0.29, 0.717) is 0 Å². The van der Waals surface area contributed by atoms with Gasteiger partial charge in [-0.1, -0.05) is 13.1 Å². The lowest BCUT2D eigenvalue weighted by molar-refractivity contribution is -0.295. The Kier molecular flexibility index (Phi) is 6.69. The molecule has 25 heavy (non-hydrogen) atoms. The summed E-state index contributed by atoms with van der Waals surface area (Å²) in [5.41, 5.74) is -2.43. The molecule has 1 rings (SSSR count). The van der Waals surface area contributed by atoms with E-state index in [4.69, 9.17) is 14.2 Å². The molecule has 1 amide bonds. The smallest absolute Gasteiger partial charge is 0.367 e. The molecule has 1 fully saturated rings. The van der Waals surface area contributed by atoms with E-state index in [0.717, 1.165) is 0 Å². The maximum atomic E-state index is 15.3. The summed E-state index contributed by atoms with van der Waals surface area (Å²) in [5.74, 6) is -2.16. The fourth-order valence-corrected chi connectivity index (χ4v) is 4.36. The average Bonchev–Trinajstić information content (AvgIpc) is 2.43. The standard InChI is InChI=1S/C15H26F4NO4Si/c1-8-9(20-12(21)14(17,18)19)10(24-13(2,3)4)11(16)15(22-5,23-8)25(6)7/h8-11H,1-7H3,(H,20,21)/t8-,9-,10+,11+,15-/m0/s1. The highest BCUT2D eigenvalue weighted by Crippen LogP contribution is 2.38. The molecule has 1 heterocycles. The molecular weight excluding hydrogens is 362 g/mol. The Morgan fingerprint density at radius 3 is 2.12 bits per heavy atom. The molecule has 0 aromatic rings. The highest BCUT2D eigenvalue weighted by molar-refractivity contribution is 6.58. The van der Waals surface area contributed by atoms with Gasteiger partial charge in [-0.2, -0.15) is 13.2 Å². The summed E-state index contributed by atoms with van der Waals surface area (Å²) in [6.07, 6.45) is -9.24. The molecule has 0 spiro atoms. The van der Waals surface area contributed by atoms with Crippen LogP contribution in [0.3, 0.4) is 0 Å². The first-order valence-corrected chi connectivity index (χ1v) is 10.4. The van der Waals surface area contributed by atoms with Gasteiger partial charge in [-0.3, -0.25) is 4.79 Å². The lowest BCUT2D eigenvalue weighted by Gasteiger charge is -2.51. The zero-order valence-electron chi connectivity index (χ0n) is 15.5. The third-order valence-corrected chi connectivity index (χ3v) is 5.91. The maximum absolute atomic E-state index is 15.3. The van der Waals surface area contributed by atoms with Gasteiger partial charge in [0.25, 0.3) is 0 Å². The number of hydrogen-bond donors (Lipinski definition) is 1. The third kappa shape index (κ3) is 4.93. The third-order valence-electron chi connectivity index (χ3n) is 3.92. The second-order valence-electron chi connectivity index (χ2n) is 7.29. The molecule has 0 bridgehead atoms. The Labute approximate surface area is 147 Å². The van der Waals surface area contributed by atoms with Crippen molar-refractivity contribution in [2.75, 3.05) is 7.11 Å².